The highest BCUT2D eigenvalue weighted by Gasteiger charge is 2.30. The van der Waals surface area contributed by atoms with Crippen LogP contribution in [0.3, 0.4) is 0 Å². The largest absolute Gasteiger partial charge is 0.339 e. The summed E-state index contributed by atoms with van der Waals surface area (Å²) in [6.45, 7) is 5.83. The van der Waals surface area contributed by atoms with Gasteiger partial charge in [0.05, 0.1) is 23.1 Å². The zero-order chi connectivity index (χ0) is 23.1. The van der Waals surface area contributed by atoms with Crippen molar-refractivity contribution in [1.82, 2.24) is 14.1 Å². The maximum absolute atomic E-state index is 13.1. The number of benzene rings is 2. The minimum atomic E-state index is -3.73. The molecule has 1 aliphatic heterocycles. The molecular formula is C23H25FN4O3S. The number of piperazine rings is 1. The molecule has 2 aromatic carbocycles. The van der Waals surface area contributed by atoms with E-state index in [2.05, 4.69) is 12.6 Å². The Morgan fingerprint density at radius 2 is 1.84 bits per heavy atom. The van der Waals surface area contributed by atoms with Crippen molar-refractivity contribution in [3.8, 4) is 6.07 Å². The molecule has 0 saturated carbocycles. The Labute approximate surface area is 188 Å². The van der Waals surface area contributed by atoms with E-state index < -0.39 is 15.8 Å². The molecule has 168 valence electrons. The molecule has 0 N–H and O–H groups in total. The summed E-state index contributed by atoms with van der Waals surface area (Å²) in [6.07, 6.45) is 1.72. The maximum Gasteiger partial charge on any atom is 0.243 e. The molecule has 0 atom stereocenters. The van der Waals surface area contributed by atoms with Crippen LogP contribution in [0, 0.1) is 17.1 Å². The van der Waals surface area contributed by atoms with E-state index >= 15 is 0 Å². The number of nitrogens with zero attached hydrogens (tertiary/aromatic N) is 4. The summed E-state index contributed by atoms with van der Waals surface area (Å²) >= 11 is 0. The summed E-state index contributed by atoms with van der Waals surface area (Å²) in [7, 11) is -3.73. The van der Waals surface area contributed by atoms with Crippen LogP contribution in [0.4, 0.5) is 4.39 Å². The number of hydrogen-bond donors (Lipinski definition) is 0. The van der Waals surface area contributed by atoms with Crippen molar-refractivity contribution >= 4 is 15.9 Å². The smallest absolute Gasteiger partial charge is 0.243 e. The third kappa shape index (κ3) is 5.79. The standard InChI is InChI=1S/C23H25FN4O3S/c1-2-10-26(17-20-5-3-4-19(15-20)16-25)18-23(29)27-11-13-28(14-12-27)32(30,31)22-8-6-21(24)7-9-22/h2-9,15H,1,10-14,17-18H2. The Kier molecular flexibility index (Phi) is 7.75. The van der Waals surface area contributed by atoms with Gasteiger partial charge in [-0.1, -0.05) is 18.2 Å². The summed E-state index contributed by atoms with van der Waals surface area (Å²) in [5.74, 6) is -0.593. The van der Waals surface area contributed by atoms with Gasteiger partial charge >= 0.3 is 0 Å². The van der Waals surface area contributed by atoms with Crippen LogP contribution < -0.4 is 0 Å². The van der Waals surface area contributed by atoms with Gasteiger partial charge in [-0.2, -0.15) is 9.57 Å². The first-order chi connectivity index (χ1) is 15.3. The number of amides is 1. The van der Waals surface area contributed by atoms with Crippen LogP contribution in [0.1, 0.15) is 11.1 Å². The maximum atomic E-state index is 13.1. The van der Waals surface area contributed by atoms with E-state index in [1.807, 2.05) is 17.0 Å². The zero-order valence-corrected chi connectivity index (χ0v) is 18.5. The van der Waals surface area contributed by atoms with Gasteiger partial charge in [0.25, 0.3) is 0 Å². The molecule has 1 heterocycles. The monoisotopic (exact) mass is 456 g/mol. The van der Waals surface area contributed by atoms with Gasteiger partial charge in [0.2, 0.25) is 15.9 Å². The van der Waals surface area contributed by atoms with Crippen molar-refractivity contribution in [2.75, 3.05) is 39.3 Å². The molecule has 3 rings (SSSR count). The van der Waals surface area contributed by atoms with E-state index in [4.69, 9.17) is 5.26 Å². The number of rotatable bonds is 8. The van der Waals surface area contributed by atoms with Gasteiger partial charge in [-0.3, -0.25) is 9.69 Å². The van der Waals surface area contributed by atoms with E-state index in [9.17, 15) is 17.6 Å². The number of carbonyl (C=O) groups excluding carboxylic acids is 1. The van der Waals surface area contributed by atoms with Crippen LogP contribution >= 0.6 is 0 Å². The van der Waals surface area contributed by atoms with Crippen molar-refractivity contribution in [2.24, 2.45) is 0 Å². The van der Waals surface area contributed by atoms with Gasteiger partial charge < -0.3 is 4.90 Å². The van der Waals surface area contributed by atoms with Crippen molar-refractivity contribution in [1.29, 1.82) is 5.26 Å². The van der Waals surface area contributed by atoms with Gasteiger partial charge in [0.1, 0.15) is 5.82 Å². The fourth-order valence-electron chi connectivity index (χ4n) is 3.59. The van der Waals surface area contributed by atoms with Crippen LogP contribution in [0.5, 0.6) is 0 Å². The molecule has 2 aromatic rings. The Balaban J connectivity index is 1.59. The minimum Gasteiger partial charge on any atom is -0.339 e. The lowest BCUT2D eigenvalue weighted by molar-refractivity contribution is -0.133. The predicted molar refractivity (Wildman–Crippen MR) is 118 cm³/mol. The first kappa shape index (κ1) is 23.6. The number of halogens is 1. The second-order valence-electron chi connectivity index (χ2n) is 7.51. The first-order valence-electron chi connectivity index (χ1n) is 10.2. The topological polar surface area (TPSA) is 84.7 Å². The van der Waals surface area contributed by atoms with Crippen molar-refractivity contribution in [3.63, 3.8) is 0 Å². The van der Waals surface area contributed by atoms with E-state index in [-0.39, 0.29) is 43.5 Å². The van der Waals surface area contributed by atoms with E-state index in [0.29, 0.717) is 18.7 Å². The van der Waals surface area contributed by atoms with Crippen LogP contribution in [0.2, 0.25) is 0 Å². The molecule has 32 heavy (non-hydrogen) atoms. The van der Waals surface area contributed by atoms with Gasteiger partial charge in [0, 0.05) is 39.3 Å². The quantitative estimate of drug-likeness (QED) is 0.569. The molecule has 1 fully saturated rings. The van der Waals surface area contributed by atoms with Crippen LogP contribution in [-0.2, 0) is 21.4 Å². The van der Waals surface area contributed by atoms with Gasteiger partial charge in [0.15, 0.2) is 0 Å². The van der Waals surface area contributed by atoms with E-state index in [1.165, 1.54) is 16.4 Å². The van der Waals surface area contributed by atoms with Gasteiger partial charge in [-0.25, -0.2) is 12.8 Å². The summed E-state index contributed by atoms with van der Waals surface area (Å²) < 4.78 is 39.9. The molecule has 1 saturated heterocycles. The molecule has 7 nitrogen and oxygen atoms in total. The fourth-order valence-corrected chi connectivity index (χ4v) is 5.01. The molecule has 0 bridgehead atoms. The van der Waals surface area contributed by atoms with E-state index in [1.54, 1.807) is 23.1 Å². The minimum absolute atomic E-state index is 0.0374. The Morgan fingerprint density at radius 3 is 2.47 bits per heavy atom. The molecule has 0 spiro atoms. The Morgan fingerprint density at radius 1 is 1.16 bits per heavy atom. The summed E-state index contributed by atoms with van der Waals surface area (Å²) in [5.41, 5.74) is 1.49. The molecule has 9 heteroatoms. The van der Waals surface area contributed by atoms with Crippen LogP contribution in [-0.4, -0.2) is 67.7 Å². The van der Waals surface area contributed by atoms with Crippen molar-refractivity contribution < 1.29 is 17.6 Å². The second kappa shape index (κ2) is 10.5. The van der Waals surface area contributed by atoms with Gasteiger partial charge in [-0.15, -0.1) is 6.58 Å². The molecule has 0 aromatic heterocycles. The van der Waals surface area contributed by atoms with Crippen LogP contribution in [0.25, 0.3) is 0 Å². The molecule has 1 aliphatic rings. The number of sulfonamides is 1. The SMILES string of the molecule is C=CCN(CC(=O)N1CCN(S(=O)(=O)c2ccc(F)cc2)CC1)Cc1cccc(C#N)c1. The Hall–Kier alpha value is -3.06. The number of carbonyl (C=O) groups is 1. The van der Waals surface area contributed by atoms with Crippen molar-refractivity contribution in [3.05, 3.63) is 78.1 Å². The highest BCUT2D eigenvalue weighted by Crippen LogP contribution is 2.18. The summed E-state index contributed by atoms with van der Waals surface area (Å²) in [6, 6.07) is 14.1. The predicted octanol–water partition coefficient (Wildman–Crippen LogP) is 2.22. The fraction of sp³-hybridized carbons (Fsp3) is 0.304. The van der Waals surface area contributed by atoms with E-state index in [0.717, 1.165) is 17.7 Å². The summed E-state index contributed by atoms with van der Waals surface area (Å²) in [4.78, 5) is 16.5. The van der Waals surface area contributed by atoms with Crippen LogP contribution in [0.15, 0.2) is 66.1 Å². The average Bonchev–Trinajstić information content (AvgIpc) is 2.79. The molecule has 0 radical (unpaired) electrons. The second-order valence-corrected chi connectivity index (χ2v) is 9.45. The average molecular weight is 457 g/mol. The van der Waals surface area contributed by atoms with Crippen molar-refractivity contribution in [2.45, 2.75) is 11.4 Å². The zero-order valence-electron chi connectivity index (χ0n) is 17.7. The lowest BCUT2D eigenvalue weighted by atomic mass is 10.1. The highest BCUT2D eigenvalue weighted by molar-refractivity contribution is 7.89. The summed E-state index contributed by atoms with van der Waals surface area (Å²) in [5, 5.41) is 9.07. The lowest BCUT2D eigenvalue weighted by Crippen LogP contribution is -2.52. The lowest BCUT2D eigenvalue weighted by Gasteiger charge is -2.35. The van der Waals surface area contributed by atoms with Gasteiger partial charge in [-0.05, 0) is 42.0 Å². The number of nitriles is 1. The molecule has 0 unspecified atom stereocenters. The number of hydrogen-bond acceptors (Lipinski definition) is 5. The molecule has 0 aliphatic carbocycles. The third-order valence-electron chi connectivity index (χ3n) is 5.25. The normalized spacial score (nSPS) is 14.8. The molecule has 1 amide bonds. The Bertz CT molecular complexity index is 1100. The first-order valence-corrected chi connectivity index (χ1v) is 11.6. The molecular weight excluding hydrogens is 431 g/mol. The third-order valence-corrected chi connectivity index (χ3v) is 7.16. The highest BCUT2D eigenvalue weighted by atomic mass is 32.2.